The summed E-state index contributed by atoms with van der Waals surface area (Å²) in [7, 11) is 4.35. The Morgan fingerprint density at radius 1 is 1.33 bits per heavy atom. The molecule has 0 aliphatic carbocycles. The highest BCUT2D eigenvalue weighted by Crippen LogP contribution is 2.29. The maximum absolute atomic E-state index is 5.69. The molecule has 1 heterocycles. The quantitative estimate of drug-likeness (QED) is 0.884. The Bertz CT molecular complexity index is 414. The van der Waals surface area contributed by atoms with Crippen LogP contribution in [-0.2, 0) is 6.54 Å². The summed E-state index contributed by atoms with van der Waals surface area (Å²) in [5.74, 6) is 0.716. The minimum Gasteiger partial charge on any atom is -0.369 e. The molecule has 2 unspecified atom stereocenters. The molecule has 2 N–H and O–H groups in total. The van der Waals surface area contributed by atoms with Gasteiger partial charge in [0.25, 0.3) is 0 Å². The molecule has 2 rings (SSSR count). The van der Waals surface area contributed by atoms with Crippen molar-refractivity contribution in [2.45, 2.75) is 26.4 Å². The van der Waals surface area contributed by atoms with E-state index in [4.69, 9.17) is 5.73 Å². The lowest BCUT2D eigenvalue weighted by Crippen LogP contribution is -2.34. The molecule has 0 saturated carbocycles. The summed E-state index contributed by atoms with van der Waals surface area (Å²) < 4.78 is 0. The van der Waals surface area contributed by atoms with E-state index in [0.717, 1.165) is 13.1 Å². The average molecular weight is 247 g/mol. The number of hydrogen-bond donors (Lipinski definition) is 1. The Labute approximate surface area is 111 Å². The molecule has 1 aliphatic rings. The second-order valence-corrected chi connectivity index (χ2v) is 5.74. The summed E-state index contributed by atoms with van der Waals surface area (Å²) in [6.07, 6.45) is 0. The number of benzene rings is 1. The van der Waals surface area contributed by atoms with Crippen LogP contribution < -0.4 is 10.6 Å². The standard InChI is InChI=1S/C15H25N3/c1-11-7-13(8-16)5-6-14(11)18-9-12(2)15(10-18)17(3)4/h5-7,12,15H,8-10,16H2,1-4H3. The van der Waals surface area contributed by atoms with Gasteiger partial charge in [0.1, 0.15) is 0 Å². The molecule has 18 heavy (non-hydrogen) atoms. The van der Waals surface area contributed by atoms with Crippen LogP contribution in [0.2, 0.25) is 0 Å². The maximum atomic E-state index is 5.69. The number of aryl methyl sites for hydroxylation is 1. The third-order valence-corrected chi connectivity index (χ3v) is 4.07. The van der Waals surface area contributed by atoms with Crippen molar-refractivity contribution in [3.8, 4) is 0 Å². The topological polar surface area (TPSA) is 32.5 Å². The Kier molecular flexibility index (Phi) is 3.93. The van der Waals surface area contributed by atoms with Crippen molar-refractivity contribution in [3.05, 3.63) is 29.3 Å². The van der Waals surface area contributed by atoms with Crippen LogP contribution in [0.5, 0.6) is 0 Å². The maximum Gasteiger partial charge on any atom is 0.0396 e. The molecule has 100 valence electrons. The largest absolute Gasteiger partial charge is 0.369 e. The number of hydrogen-bond acceptors (Lipinski definition) is 3. The Morgan fingerprint density at radius 2 is 2.06 bits per heavy atom. The smallest absolute Gasteiger partial charge is 0.0396 e. The molecule has 1 aromatic rings. The van der Waals surface area contributed by atoms with E-state index in [1.54, 1.807) is 0 Å². The fourth-order valence-electron chi connectivity index (χ4n) is 3.02. The van der Waals surface area contributed by atoms with Crippen molar-refractivity contribution < 1.29 is 0 Å². The number of rotatable bonds is 3. The molecule has 1 aliphatic heterocycles. The van der Waals surface area contributed by atoms with Gasteiger partial charge in [0.15, 0.2) is 0 Å². The summed E-state index contributed by atoms with van der Waals surface area (Å²) >= 11 is 0. The molecule has 3 nitrogen and oxygen atoms in total. The molecule has 0 aromatic heterocycles. The second-order valence-electron chi connectivity index (χ2n) is 5.74. The minimum absolute atomic E-state index is 0.623. The summed E-state index contributed by atoms with van der Waals surface area (Å²) in [6.45, 7) is 7.41. The normalized spacial score (nSPS) is 24.0. The third kappa shape index (κ3) is 2.52. The first-order valence-corrected chi connectivity index (χ1v) is 6.74. The molecular weight excluding hydrogens is 222 g/mol. The van der Waals surface area contributed by atoms with Crippen LogP contribution in [0, 0.1) is 12.8 Å². The highest BCUT2D eigenvalue weighted by Gasteiger charge is 2.31. The first-order chi connectivity index (χ1) is 8.52. The van der Waals surface area contributed by atoms with E-state index in [-0.39, 0.29) is 0 Å². The lowest BCUT2D eigenvalue weighted by atomic mass is 10.1. The number of nitrogens with two attached hydrogens (primary N) is 1. The predicted molar refractivity (Wildman–Crippen MR) is 77.9 cm³/mol. The highest BCUT2D eigenvalue weighted by molar-refractivity contribution is 5.55. The third-order valence-electron chi connectivity index (χ3n) is 4.07. The van der Waals surface area contributed by atoms with Gasteiger partial charge in [-0.05, 0) is 44.1 Å². The zero-order chi connectivity index (χ0) is 13.3. The van der Waals surface area contributed by atoms with Gasteiger partial charge in [0.2, 0.25) is 0 Å². The molecule has 1 aromatic carbocycles. The van der Waals surface area contributed by atoms with Gasteiger partial charge in [-0.1, -0.05) is 19.1 Å². The van der Waals surface area contributed by atoms with E-state index in [2.05, 4.69) is 55.9 Å². The van der Waals surface area contributed by atoms with Crippen LogP contribution in [0.15, 0.2) is 18.2 Å². The second kappa shape index (κ2) is 5.29. The van der Waals surface area contributed by atoms with Crippen LogP contribution in [0.4, 0.5) is 5.69 Å². The molecule has 0 spiro atoms. The molecule has 1 fully saturated rings. The number of anilines is 1. The monoisotopic (exact) mass is 247 g/mol. The SMILES string of the molecule is Cc1cc(CN)ccc1N1CC(C)C(N(C)C)C1. The van der Waals surface area contributed by atoms with E-state index in [9.17, 15) is 0 Å². The predicted octanol–water partition coefficient (Wildman–Crippen LogP) is 1.84. The van der Waals surface area contributed by atoms with Crippen LogP contribution in [-0.4, -0.2) is 38.1 Å². The highest BCUT2D eigenvalue weighted by atomic mass is 15.2. The fraction of sp³-hybridized carbons (Fsp3) is 0.600. The summed E-state index contributed by atoms with van der Waals surface area (Å²) in [6, 6.07) is 7.24. The number of nitrogens with zero attached hydrogens (tertiary/aromatic N) is 2. The van der Waals surface area contributed by atoms with E-state index >= 15 is 0 Å². The molecule has 3 heteroatoms. The molecule has 0 amide bonds. The zero-order valence-corrected chi connectivity index (χ0v) is 12.0. The fourth-order valence-corrected chi connectivity index (χ4v) is 3.02. The van der Waals surface area contributed by atoms with Crippen LogP contribution in [0.1, 0.15) is 18.1 Å². The van der Waals surface area contributed by atoms with Gasteiger partial charge in [-0.25, -0.2) is 0 Å². The van der Waals surface area contributed by atoms with Crippen LogP contribution in [0.25, 0.3) is 0 Å². The van der Waals surface area contributed by atoms with Crippen molar-refractivity contribution in [2.75, 3.05) is 32.1 Å². The Hall–Kier alpha value is -1.06. The van der Waals surface area contributed by atoms with Crippen LogP contribution in [0.3, 0.4) is 0 Å². The van der Waals surface area contributed by atoms with Gasteiger partial charge in [-0.2, -0.15) is 0 Å². The molecular formula is C15H25N3. The van der Waals surface area contributed by atoms with Gasteiger partial charge < -0.3 is 15.5 Å². The Morgan fingerprint density at radius 3 is 2.56 bits per heavy atom. The van der Waals surface area contributed by atoms with Gasteiger partial charge >= 0.3 is 0 Å². The van der Waals surface area contributed by atoms with Crippen molar-refractivity contribution >= 4 is 5.69 Å². The summed E-state index contributed by atoms with van der Waals surface area (Å²) in [5.41, 5.74) is 9.60. The minimum atomic E-state index is 0.623. The first-order valence-electron chi connectivity index (χ1n) is 6.74. The van der Waals surface area contributed by atoms with E-state index in [1.807, 2.05) is 0 Å². The van der Waals surface area contributed by atoms with E-state index < -0.39 is 0 Å². The van der Waals surface area contributed by atoms with E-state index in [0.29, 0.717) is 18.5 Å². The van der Waals surface area contributed by atoms with Crippen molar-refractivity contribution in [1.82, 2.24) is 4.90 Å². The average Bonchev–Trinajstić information content (AvgIpc) is 2.71. The molecule has 1 saturated heterocycles. The summed E-state index contributed by atoms with van der Waals surface area (Å²) in [5, 5.41) is 0. The van der Waals surface area contributed by atoms with Gasteiger partial charge in [-0.3, -0.25) is 0 Å². The van der Waals surface area contributed by atoms with Crippen molar-refractivity contribution in [1.29, 1.82) is 0 Å². The lowest BCUT2D eigenvalue weighted by Gasteiger charge is -2.24. The Balaban J connectivity index is 2.18. The first kappa shape index (κ1) is 13.4. The van der Waals surface area contributed by atoms with Crippen molar-refractivity contribution in [3.63, 3.8) is 0 Å². The summed E-state index contributed by atoms with van der Waals surface area (Å²) in [4.78, 5) is 4.85. The molecule has 0 bridgehead atoms. The zero-order valence-electron chi connectivity index (χ0n) is 12.0. The van der Waals surface area contributed by atoms with E-state index in [1.165, 1.54) is 16.8 Å². The van der Waals surface area contributed by atoms with Crippen LogP contribution >= 0.6 is 0 Å². The lowest BCUT2D eigenvalue weighted by molar-refractivity contribution is 0.266. The molecule has 2 atom stereocenters. The number of likely N-dealkylation sites (N-methyl/N-ethyl adjacent to an activating group) is 1. The van der Waals surface area contributed by atoms with Crippen molar-refractivity contribution in [2.24, 2.45) is 11.7 Å². The van der Waals surface area contributed by atoms with Gasteiger partial charge in [0, 0.05) is 31.4 Å². The molecule has 0 radical (unpaired) electrons. The van der Waals surface area contributed by atoms with Gasteiger partial charge in [0.05, 0.1) is 0 Å². The van der Waals surface area contributed by atoms with Gasteiger partial charge in [-0.15, -0.1) is 0 Å².